The molecule has 0 bridgehead atoms. The van der Waals surface area contributed by atoms with E-state index in [2.05, 4.69) is 16.1 Å². The zero-order valence-corrected chi connectivity index (χ0v) is 17.9. The molecule has 0 saturated carbocycles. The number of methoxy groups -OCH3 is 2. The minimum absolute atomic E-state index is 0.0369. The highest BCUT2D eigenvalue weighted by Gasteiger charge is 2.28. The molecule has 0 unspecified atom stereocenters. The first-order chi connectivity index (χ1) is 15.6. The van der Waals surface area contributed by atoms with E-state index in [0.29, 0.717) is 24.5 Å². The first-order valence-corrected chi connectivity index (χ1v) is 10.5. The zero-order valence-electron chi connectivity index (χ0n) is 17.9. The second kappa shape index (κ2) is 8.04. The van der Waals surface area contributed by atoms with Crippen molar-refractivity contribution in [3.8, 4) is 11.5 Å². The van der Waals surface area contributed by atoms with Crippen LogP contribution in [0.3, 0.4) is 0 Å². The maximum atomic E-state index is 13.8. The number of hydrogen-bond donors (Lipinski definition) is 1. The molecule has 162 valence electrons. The summed E-state index contributed by atoms with van der Waals surface area (Å²) in [5.41, 5.74) is 4.69. The molecule has 0 radical (unpaired) electrons. The van der Waals surface area contributed by atoms with Crippen LogP contribution >= 0.6 is 0 Å². The Morgan fingerprint density at radius 3 is 2.62 bits per heavy atom. The topological polar surface area (TPSA) is 52.5 Å². The number of rotatable bonds is 5. The Morgan fingerprint density at radius 1 is 1.03 bits per heavy atom. The molecule has 1 aliphatic rings. The van der Waals surface area contributed by atoms with Crippen LogP contribution in [0, 0.1) is 5.82 Å². The van der Waals surface area contributed by atoms with Gasteiger partial charge in [-0.3, -0.25) is 4.79 Å². The quantitative estimate of drug-likeness (QED) is 0.466. The van der Waals surface area contributed by atoms with Crippen molar-refractivity contribution in [2.75, 3.05) is 19.5 Å². The predicted octanol–water partition coefficient (Wildman–Crippen LogP) is 5.32. The fraction of sp³-hybridized carbons (Fsp3) is 0.192. The molecule has 1 N–H and O–H groups in total. The van der Waals surface area contributed by atoms with Crippen LogP contribution in [0.4, 0.5) is 10.1 Å². The van der Waals surface area contributed by atoms with Crippen molar-refractivity contribution in [3.05, 3.63) is 89.4 Å². The number of benzene rings is 3. The molecule has 1 aromatic heterocycles. The van der Waals surface area contributed by atoms with Crippen LogP contribution in [0.5, 0.6) is 11.5 Å². The number of nitrogens with zero attached hydrogens (tertiary/aromatic N) is 1. The molecular formula is C26H23FN2O3. The molecule has 2 heterocycles. The minimum Gasteiger partial charge on any atom is -0.493 e. The Morgan fingerprint density at radius 2 is 1.84 bits per heavy atom. The van der Waals surface area contributed by atoms with Gasteiger partial charge in [0.05, 0.1) is 25.4 Å². The molecule has 1 atom stereocenters. The molecule has 5 rings (SSSR count). The fourth-order valence-electron chi connectivity index (χ4n) is 4.58. The number of carbonyl (C=O) groups is 1. The van der Waals surface area contributed by atoms with Gasteiger partial charge in [-0.15, -0.1) is 0 Å². The molecule has 0 fully saturated rings. The van der Waals surface area contributed by atoms with Crippen molar-refractivity contribution < 1.29 is 18.7 Å². The van der Waals surface area contributed by atoms with E-state index in [1.165, 1.54) is 6.07 Å². The monoisotopic (exact) mass is 430 g/mol. The van der Waals surface area contributed by atoms with Gasteiger partial charge in [0.1, 0.15) is 5.82 Å². The number of amides is 1. The van der Waals surface area contributed by atoms with Crippen LogP contribution in [-0.4, -0.2) is 24.7 Å². The second-order valence-corrected chi connectivity index (χ2v) is 7.96. The summed E-state index contributed by atoms with van der Waals surface area (Å²) in [4.78, 5) is 12.7. The van der Waals surface area contributed by atoms with Gasteiger partial charge in [-0.1, -0.05) is 24.3 Å². The molecule has 3 aromatic carbocycles. The molecule has 32 heavy (non-hydrogen) atoms. The van der Waals surface area contributed by atoms with E-state index in [-0.39, 0.29) is 17.6 Å². The van der Waals surface area contributed by atoms with Gasteiger partial charge in [0.25, 0.3) is 0 Å². The van der Waals surface area contributed by atoms with E-state index < -0.39 is 0 Å². The Balaban J connectivity index is 1.67. The summed E-state index contributed by atoms with van der Waals surface area (Å²) in [7, 11) is 3.20. The third-order valence-electron chi connectivity index (χ3n) is 6.03. The van der Waals surface area contributed by atoms with Crippen LogP contribution < -0.4 is 14.8 Å². The summed E-state index contributed by atoms with van der Waals surface area (Å²) in [6.07, 6.45) is 2.39. The Kier molecular flexibility index (Phi) is 5.05. The number of carbonyl (C=O) groups excluding carboxylic acids is 1. The molecular weight excluding hydrogens is 407 g/mol. The van der Waals surface area contributed by atoms with Crippen molar-refractivity contribution in [2.45, 2.75) is 18.9 Å². The van der Waals surface area contributed by atoms with Crippen molar-refractivity contribution in [1.29, 1.82) is 0 Å². The van der Waals surface area contributed by atoms with Crippen LogP contribution in [0.2, 0.25) is 0 Å². The summed E-state index contributed by atoms with van der Waals surface area (Å²) in [6.45, 7) is 0.532. The standard InChI is InChI=1S/C26H23FN2O3/c1-31-23-10-9-17(12-24(23)32-2)19-13-25(30)28-21-7-4-8-22-26(21)20(19)15-29(22)14-16-5-3-6-18(27)11-16/h3-12,15,19H,13-14H2,1-2H3,(H,28,30)/t19-/m1/s1. The highest BCUT2D eigenvalue weighted by Crippen LogP contribution is 2.42. The van der Waals surface area contributed by atoms with Gasteiger partial charge in [-0.25, -0.2) is 4.39 Å². The first-order valence-electron chi connectivity index (χ1n) is 10.5. The van der Waals surface area contributed by atoms with E-state index in [1.807, 2.05) is 42.5 Å². The van der Waals surface area contributed by atoms with Gasteiger partial charge in [-0.05, 0) is 53.1 Å². The maximum absolute atomic E-state index is 13.8. The summed E-state index contributed by atoms with van der Waals surface area (Å²) in [5, 5.41) is 4.06. The lowest BCUT2D eigenvalue weighted by Crippen LogP contribution is -2.14. The molecule has 0 aliphatic carbocycles. The molecule has 6 heteroatoms. The average Bonchev–Trinajstić information content (AvgIpc) is 3.08. The van der Waals surface area contributed by atoms with Gasteiger partial charge >= 0.3 is 0 Å². The van der Waals surface area contributed by atoms with E-state index in [0.717, 1.165) is 33.3 Å². The Hall–Kier alpha value is -3.80. The van der Waals surface area contributed by atoms with Gasteiger partial charge in [0, 0.05) is 30.5 Å². The van der Waals surface area contributed by atoms with Crippen LogP contribution in [-0.2, 0) is 11.3 Å². The number of anilines is 1. The van der Waals surface area contributed by atoms with E-state index in [1.54, 1.807) is 26.4 Å². The zero-order chi connectivity index (χ0) is 22.2. The summed E-state index contributed by atoms with van der Waals surface area (Å²) < 4.78 is 26.8. The lowest BCUT2D eigenvalue weighted by Gasteiger charge is -2.17. The van der Waals surface area contributed by atoms with Crippen molar-refractivity contribution in [2.24, 2.45) is 0 Å². The number of ether oxygens (including phenoxy) is 2. The normalized spacial score (nSPS) is 15.3. The predicted molar refractivity (Wildman–Crippen MR) is 122 cm³/mol. The van der Waals surface area contributed by atoms with Gasteiger partial charge in [0.2, 0.25) is 5.91 Å². The third kappa shape index (κ3) is 3.47. The third-order valence-corrected chi connectivity index (χ3v) is 6.03. The summed E-state index contributed by atoms with van der Waals surface area (Å²) in [5.74, 6) is 0.818. The van der Waals surface area contributed by atoms with Crippen LogP contribution in [0.15, 0.2) is 66.9 Å². The van der Waals surface area contributed by atoms with E-state index >= 15 is 0 Å². The summed E-state index contributed by atoms with van der Waals surface area (Å²) in [6, 6.07) is 18.3. The Bertz CT molecular complexity index is 1330. The molecule has 0 spiro atoms. The molecule has 1 amide bonds. The van der Waals surface area contributed by atoms with Gasteiger partial charge in [-0.2, -0.15) is 0 Å². The highest BCUT2D eigenvalue weighted by molar-refractivity contribution is 6.06. The lowest BCUT2D eigenvalue weighted by atomic mass is 9.88. The highest BCUT2D eigenvalue weighted by atomic mass is 19.1. The largest absolute Gasteiger partial charge is 0.493 e. The molecule has 0 saturated heterocycles. The number of aromatic nitrogens is 1. The van der Waals surface area contributed by atoms with Crippen molar-refractivity contribution in [1.82, 2.24) is 4.57 Å². The SMILES string of the molecule is COc1ccc([C@H]2CC(=O)Nc3cccc4c3c2cn4Cc2cccc(F)c2)cc1OC. The smallest absolute Gasteiger partial charge is 0.225 e. The van der Waals surface area contributed by atoms with E-state index in [9.17, 15) is 9.18 Å². The minimum atomic E-state index is -0.253. The van der Waals surface area contributed by atoms with Gasteiger partial charge in [0.15, 0.2) is 11.5 Å². The summed E-state index contributed by atoms with van der Waals surface area (Å²) >= 11 is 0. The van der Waals surface area contributed by atoms with Gasteiger partial charge < -0.3 is 19.4 Å². The first kappa shape index (κ1) is 20.1. The number of hydrogen-bond acceptors (Lipinski definition) is 3. The maximum Gasteiger partial charge on any atom is 0.225 e. The fourth-order valence-corrected chi connectivity index (χ4v) is 4.58. The van der Waals surface area contributed by atoms with Crippen LogP contribution in [0.25, 0.3) is 10.9 Å². The lowest BCUT2D eigenvalue weighted by molar-refractivity contribution is -0.116. The molecule has 5 nitrogen and oxygen atoms in total. The Labute approximate surface area is 185 Å². The molecule has 1 aliphatic heterocycles. The van der Waals surface area contributed by atoms with Crippen molar-refractivity contribution >= 4 is 22.5 Å². The molecule has 4 aromatic rings. The number of halogens is 1. The van der Waals surface area contributed by atoms with E-state index in [4.69, 9.17) is 9.47 Å². The second-order valence-electron chi connectivity index (χ2n) is 7.96. The average molecular weight is 430 g/mol. The van der Waals surface area contributed by atoms with Crippen LogP contribution in [0.1, 0.15) is 29.0 Å². The number of nitrogens with one attached hydrogen (secondary N) is 1. The van der Waals surface area contributed by atoms with Crippen molar-refractivity contribution in [3.63, 3.8) is 0 Å².